The number of thioether (sulfide) groups is 1. The predicted molar refractivity (Wildman–Crippen MR) is 129 cm³/mol. The number of nitrogens with zero attached hydrogens (tertiary/aromatic N) is 1. The van der Waals surface area contributed by atoms with Crippen molar-refractivity contribution in [1.29, 1.82) is 0 Å². The molecule has 1 aliphatic rings. The molecule has 0 aromatic heterocycles. The largest absolute Gasteiger partial charge is 0.466 e. The van der Waals surface area contributed by atoms with E-state index in [9.17, 15) is 9.59 Å². The number of hydrogen-bond donors (Lipinski definition) is 0. The van der Waals surface area contributed by atoms with E-state index < -0.39 is 0 Å². The van der Waals surface area contributed by atoms with Gasteiger partial charge >= 0.3 is 5.97 Å². The first-order valence-electron chi connectivity index (χ1n) is 11.8. The SMILES string of the molecule is C=CCC/C=C/CC(CSC(C)CCCC)C(C=O)N1CCC(C(=O)OCC)CC1. The number of rotatable bonds is 16. The molecule has 3 unspecified atom stereocenters. The average molecular weight is 438 g/mol. The molecule has 0 spiro atoms. The van der Waals surface area contributed by atoms with E-state index in [1.807, 2.05) is 24.8 Å². The van der Waals surface area contributed by atoms with Crippen LogP contribution in [0.4, 0.5) is 0 Å². The van der Waals surface area contributed by atoms with E-state index >= 15 is 0 Å². The summed E-state index contributed by atoms with van der Waals surface area (Å²) in [6.45, 7) is 12.2. The Hall–Kier alpha value is -1.07. The molecule has 5 heteroatoms. The van der Waals surface area contributed by atoms with Gasteiger partial charge in [0.2, 0.25) is 0 Å². The zero-order valence-corrected chi connectivity index (χ0v) is 20.2. The third-order valence-corrected chi connectivity index (χ3v) is 7.32. The Morgan fingerprint density at radius 1 is 1.23 bits per heavy atom. The third kappa shape index (κ3) is 10.3. The highest BCUT2D eigenvalue weighted by molar-refractivity contribution is 7.99. The van der Waals surface area contributed by atoms with Crippen LogP contribution in [0.3, 0.4) is 0 Å². The molecule has 0 bridgehead atoms. The average Bonchev–Trinajstić information content (AvgIpc) is 2.76. The van der Waals surface area contributed by atoms with E-state index in [0.717, 1.165) is 57.2 Å². The Bertz CT molecular complexity index is 515. The van der Waals surface area contributed by atoms with Gasteiger partial charge in [0.25, 0.3) is 0 Å². The lowest BCUT2D eigenvalue weighted by Gasteiger charge is -2.38. The Morgan fingerprint density at radius 2 is 1.97 bits per heavy atom. The van der Waals surface area contributed by atoms with E-state index in [0.29, 0.717) is 17.8 Å². The second kappa shape index (κ2) is 16.6. The molecule has 1 fully saturated rings. The predicted octanol–water partition coefficient (Wildman–Crippen LogP) is 5.67. The number of esters is 1. The maximum atomic E-state index is 12.1. The molecular weight excluding hydrogens is 394 g/mol. The van der Waals surface area contributed by atoms with Crippen LogP contribution in [0.5, 0.6) is 0 Å². The summed E-state index contributed by atoms with van der Waals surface area (Å²) < 4.78 is 5.19. The Kier molecular flexibility index (Phi) is 14.9. The maximum Gasteiger partial charge on any atom is 0.309 e. The van der Waals surface area contributed by atoms with Crippen LogP contribution >= 0.6 is 11.8 Å². The number of allylic oxidation sites excluding steroid dienone is 3. The van der Waals surface area contributed by atoms with Crippen molar-refractivity contribution in [3.63, 3.8) is 0 Å². The van der Waals surface area contributed by atoms with Crippen molar-refractivity contribution in [1.82, 2.24) is 4.90 Å². The van der Waals surface area contributed by atoms with Crippen molar-refractivity contribution >= 4 is 24.0 Å². The molecule has 0 aromatic carbocycles. The second-order valence-corrected chi connectivity index (χ2v) is 9.78. The van der Waals surface area contributed by atoms with E-state index in [2.05, 4.69) is 37.5 Å². The lowest BCUT2D eigenvalue weighted by molar-refractivity contribution is -0.149. The topological polar surface area (TPSA) is 46.6 Å². The fourth-order valence-corrected chi connectivity index (χ4v) is 5.20. The van der Waals surface area contributed by atoms with Crippen molar-refractivity contribution in [3.8, 4) is 0 Å². The molecule has 1 rings (SSSR count). The highest BCUT2D eigenvalue weighted by Gasteiger charge is 2.32. The molecule has 4 nitrogen and oxygen atoms in total. The Morgan fingerprint density at radius 3 is 2.57 bits per heavy atom. The standard InChI is InChI=1S/C25H43NO3S/c1-5-8-10-11-12-14-23(20-30-21(4)13-9-6-2)24(19-27)26-17-15-22(16-18-26)25(28)29-7-3/h5,11-12,19,21-24H,1,6-10,13-18,20H2,2-4H3/b12-11+. The van der Waals surface area contributed by atoms with Crippen LogP contribution in [0.2, 0.25) is 0 Å². The molecule has 0 aliphatic carbocycles. The first kappa shape index (κ1) is 27.0. The first-order valence-corrected chi connectivity index (χ1v) is 12.9. The molecule has 30 heavy (non-hydrogen) atoms. The van der Waals surface area contributed by atoms with Gasteiger partial charge in [-0.05, 0) is 70.2 Å². The minimum atomic E-state index is -0.0817. The zero-order chi connectivity index (χ0) is 22.2. The van der Waals surface area contributed by atoms with Crippen molar-refractivity contribution in [2.45, 2.75) is 83.4 Å². The molecule has 1 saturated heterocycles. The third-order valence-electron chi connectivity index (χ3n) is 5.90. The van der Waals surface area contributed by atoms with E-state index in [1.54, 1.807) is 0 Å². The van der Waals surface area contributed by atoms with Gasteiger partial charge in [0.1, 0.15) is 6.29 Å². The van der Waals surface area contributed by atoms with E-state index in [-0.39, 0.29) is 17.9 Å². The molecule has 1 heterocycles. The van der Waals surface area contributed by atoms with E-state index in [1.165, 1.54) is 19.3 Å². The van der Waals surface area contributed by atoms with Gasteiger partial charge < -0.3 is 9.53 Å². The summed E-state index contributed by atoms with van der Waals surface area (Å²) in [5.41, 5.74) is 0. The molecule has 0 aromatic rings. The van der Waals surface area contributed by atoms with Gasteiger partial charge in [-0.15, -0.1) is 6.58 Å². The fraction of sp³-hybridized carbons (Fsp3) is 0.760. The lowest BCUT2D eigenvalue weighted by Crippen LogP contribution is -2.48. The lowest BCUT2D eigenvalue weighted by atomic mass is 9.91. The number of hydrogen-bond acceptors (Lipinski definition) is 5. The number of carbonyl (C=O) groups excluding carboxylic acids is 2. The van der Waals surface area contributed by atoms with Gasteiger partial charge in [-0.2, -0.15) is 11.8 Å². The smallest absolute Gasteiger partial charge is 0.309 e. The minimum absolute atomic E-state index is 0.0193. The van der Waals surface area contributed by atoms with Crippen LogP contribution in [0.15, 0.2) is 24.8 Å². The van der Waals surface area contributed by atoms with Gasteiger partial charge in [0.05, 0.1) is 18.6 Å². The summed E-state index contributed by atoms with van der Waals surface area (Å²) in [5.74, 6) is 1.20. The molecule has 172 valence electrons. The van der Waals surface area contributed by atoms with Crippen LogP contribution < -0.4 is 0 Å². The molecule has 0 N–H and O–H groups in total. The summed E-state index contributed by atoms with van der Waals surface area (Å²) in [5, 5.41) is 0.624. The Balaban J connectivity index is 2.70. The summed E-state index contributed by atoms with van der Waals surface area (Å²) in [6.07, 6.45) is 15.8. The number of aldehydes is 1. The van der Waals surface area contributed by atoms with Crippen molar-refractivity contribution in [2.24, 2.45) is 11.8 Å². The molecular formula is C25H43NO3S. The van der Waals surface area contributed by atoms with Crippen molar-refractivity contribution < 1.29 is 14.3 Å². The van der Waals surface area contributed by atoms with Gasteiger partial charge in [0, 0.05) is 5.25 Å². The number of likely N-dealkylation sites (tertiary alicyclic amines) is 1. The highest BCUT2D eigenvalue weighted by atomic mass is 32.2. The molecule has 3 atom stereocenters. The van der Waals surface area contributed by atoms with Gasteiger partial charge in [0.15, 0.2) is 0 Å². The monoisotopic (exact) mass is 437 g/mol. The Labute approximate surface area is 188 Å². The summed E-state index contributed by atoms with van der Waals surface area (Å²) in [4.78, 5) is 26.5. The summed E-state index contributed by atoms with van der Waals surface area (Å²) in [7, 11) is 0. The fourth-order valence-electron chi connectivity index (χ4n) is 3.96. The van der Waals surface area contributed by atoms with Crippen molar-refractivity contribution in [2.75, 3.05) is 25.4 Å². The molecule has 0 amide bonds. The molecule has 1 aliphatic heterocycles. The van der Waals surface area contributed by atoms with Gasteiger partial charge in [-0.1, -0.05) is 44.9 Å². The number of ether oxygens (including phenoxy) is 1. The molecule has 0 saturated carbocycles. The highest BCUT2D eigenvalue weighted by Crippen LogP contribution is 2.28. The quantitative estimate of drug-likeness (QED) is 0.135. The normalized spacial score (nSPS) is 18.8. The summed E-state index contributed by atoms with van der Waals surface area (Å²) in [6, 6.07) is -0.0805. The van der Waals surface area contributed by atoms with E-state index in [4.69, 9.17) is 4.74 Å². The van der Waals surface area contributed by atoms with Crippen LogP contribution in [0.1, 0.15) is 72.1 Å². The maximum absolute atomic E-state index is 12.1. The number of carbonyl (C=O) groups is 2. The van der Waals surface area contributed by atoms with Gasteiger partial charge in [-0.25, -0.2) is 0 Å². The minimum Gasteiger partial charge on any atom is -0.466 e. The van der Waals surface area contributed by atoms with Crippen LogP contribution in [-0.2, 0) is 14.3 Å². The second-order valence-electron chi connectivity index (χ2n) is 8.31. The van der Waals surface area contributed by atoms with Crippen LogP contribution in [-0.4, -0.2) is 53.9 Å². The van der Waals surface area contributed by atoms with Crippen LogP contribution in [0.25, 0.3) is 0 Å². The summed E-state index contributed by atoms with van der Waals surface area (Å²) >= 11 is 2.00. The van der Waals surface area contributed by atoms with Gasteiger partial charge in [-0.3, -0.25) is 9.69 Å². The zero-order valence-electron chi connectivity index (χ0n) is 19.4. The van der Waals surface area contributed by atoms with Crippen LogP contribution in [0, 0.1) is 11.8 Å². The number of piperidine rings is 1. The molecule has 0 radical (unpaired) electrons. The van der Waals surface area contributed by atoms with Crippen molar-refractivity contribution in [3.05, 3.63) is 24.8 Å². The number of unbranched alkanes of at least 4 members (excludes halogenated alkanes) is 2. The first-order chi connectivity index (χ1) is 14.6.